The highest BCUT2D eigenvalue weighted by Crippen LogP contribution is 2.20. The van der Waals surface area contributed by atoms with E-state index < -0.39 is 6.61 Å². The third-order valence-electron chi connectivity index (χ3n) is 2.46. The van der Waals surface area contributed by atoms with Crippen LogP contribution in [-0.4, -0.2) is 23.5 Å². The number of aromatic nitrogens is 2. The maximum atomic E-state index is 12.2. The van der Waals surface area contributed by atoms with Crippen LogP contribution in [0.3, 0.4) is 0 Å². The highest BCUT2D eigenvalue weighted by Gasteiger charge is 2.12. The first kappa shape index (κ1) is 13.1. The molecule has 5 nitrogen and oxygen atoms in total. The van der Waals surface area contributed by atoms with Gasteiger partial charge in [-0.15, -0.1) is 0 Å². The van der Waals surface area contributed by atoms with Crippen molar-refractivity contribution in [1.29, 1.82) is 0 Å². The molecule has 0 bridgehead atoms. The van der Waals surface area contributed by atoms with E-state index in [1.807, 2.05) is 12.1 Å². The molecule has 0 saturated heterocycles. The SMILES string of the molecule is COc1ccc(Cn2nc(N)cc2OC(F)F)cc1. The van der Waals surface area contributed by atoms with Gasteiger partial charge in [-0.2, -0.15) is 13.9 Å². The van der Waals surface area contributed by atoms with Crippen LogP contribution in [0.25, 0.3) is 0 Å². The van der Waals surface area contributed by atoms with Crippen LogP contribution in [0.5, 0.6) is 11.6 Å². The zero-order valence-electron chi connectivity index (χ0n) is 10.2. The standard InChI is InChI=1S/C12H13F2N3O2/c1-18-9-4-2-8(3-5-9)7-17-11(19-12(13)14)6-10(15)16-17/h2-6,12H,7H2,1H3,(H2,15,16). The van der Waals surface area contributed by atoms with Crippen molar-refractivity contribution in [1.82, 2.24) is 9.78 Å². The first-order valence-corrected chi connectivity index (χ1v) is 5.49. The molecule has 0 fully saturated rings. The van der Waals surface area contributed by atoms with Gasteiger partial charge in [-0.25, -0.2) is 4.68 Å². The lowest BCUT2D eigenvalue weighted by Crippen LogP contribution is -2.09. The summed E-state index contributed by atoms with van der Waals surface area (Å²) in [5.41, 5.74) is 6.34. The summed E-state index contributed by atoms with van der Waals surface area (Å²) < 4.78 is 35.1. The number of anilines is 1. The predicted octanol–water partition coefficient (Wildman–Crippen LogP) is 2.12. The lowest BCUT2D eigenvalue weighted by Gasteiger charge is -2.08. The Kier molecular flexibility index (Phi) is 3.84. The Balaban J connectivity index is 2.17. The van der Waals surface area contributed by atoms with Crippen molar-refractivity contribution in [2.75, 3.05) is 12.8 Å². The van der Waals surface area contributed by atoms with Crippen molar-refractivity contribution in [3.8, 4) is 11.6 Å². The maximum absolute atomic E-state index is 12.2. The molecule has 0 amide bonds. The van der Waals surface area contributed by atoms with Crippen LogP contribution in [0.4, 0.5) is 14.6 Å². The van der Waals surface area contributed by atoms with Crippen molar-refractivity contribution < 1.29 is 18.3 Å². The van der Waals surface area contributed by atoms with Crippen LogP contribution in [0.1, 0.15) is 5.56 Å². The molecule has 0 aliphatic heterocycles. The summed E-state index contributed by atoms with van der Waals surface area (Å²) in [5.74, 6) is 0.778. The van der Waals surface area contributed by atoms with Gasteiger partial charge >= 0.3 is 6.61 Å². The summed E-state index contributed by atoms with van der Waals surface area (Å²) in [6.07, 6.45) is 0. The highest BCUT2D eigenvalue weighted by atomic mass is 19.3. The third kappa shape index (κ3) is 3.34. The number of ether oxygens (including phenoxy) is 2. The molecule has 2 aromatic rings. The summed E-state index contributed by atoms with van der Waals surface area (Å²) in [6, 6.07) is 8.42. The molecule has 19 heavy (non-hydrogen) atoms. The van der Waals surface area contributed by atoms with Gasteiger partial charge in [0.25, 0.3) is 0 Å². The summed E-state index contributed by atoms with van der Waals surface area (Å²) in [4.78, 5) is 0. The van der Waals surface area contributed by atoms with Gasteiger partial charge in [-0.1, -0.05) is 12.1 Å². The van der Waals surface area contributed by atoms with Crippen LogP contribution >= 0.6 is 0 Å². The Morgan fingerprint density at radius 1 is 1.32 bits per heavy atom. The van der Waals surface area contributed by atoms with Gasteiger partial charge in [-0.05, 0) is 17.7 Å². The molecule has 2 N–H and O–H groups in total. The Bertz CT molecular complexity index is 540. The minimum Gasteiger partial charge on any atom is -0.497 e. The fraction of sp³-hybridized carbons (Fsp3) is 0.250. The van der Waals surface area contributed by atoms with E-state index in [0.717, 1.165) is 5.56 Å². The van der Waals surface area contributed by atoms with E-state index in [1.165, 1.54) is 10.7 Å². The number of nitrogens with two attached hydrogens (primary N) is 1. The second-order valence-corrected chi connectivity index (χ2v) is 3.79. The number of methoxy groups -OCH3 is 1. The minimum atomic E-state index is -2.91. The number of nitrogen functional groups attached to an aromatic ring is 1. The largest absolute Gasteiger partial charge is 0.497 e. The lowest BCUT2D eigenvalue weighted by atomic mass is 10.2. The molecule has 2 rings (SSSR count). The van der Waals surface area contributed by atoms with Crippen LogP contribution in [0.15, 0.2) is 30.3 Å². The molecule has 0 atom stereocenters. The van der Waals surface area contributed by atoms with E-state index >= 15 is 0 Å². The average Bonchev–Trinajstić information content (AvgIpc) is 2.69. The summed E-state index contributed by atoms with van der Waals surface area (Å²) >= 11 is 0. The Labute approximate surface area is 108 Å². The first-order chi connectivity index (χ1) is 9.08. The van der Waals surface area contributed by atoms with Crippen molar-refractivity contribution in [3.63, 3.8) is 0 Å². The molecule has 1 aromatic heterocycles. The molecule has 0 unspecified atom stereocenters. The second-order valence-electron chi connectivity index (χ2n) is 3.79. The summed E-state index contributed by atoms with van der Waals surface area (Å²) in [5, 5.41) is 3.91. The van der Waals surface area contributed by atoms with E-state index in [9.17, 15) is 8.78 Å². The number of hydrogen-bond acceptors (Lipinski definition) is 4. The molecule has 7 heteroatoms. The number of halogens is 2. The van der Waals surface area contributed by atoms with Crippen molar-refractivity contribution in [3.05, 3.63) is 35.9 Å². The van der Waals surface area contributed by atoms with Crippen LogP contribution in [0, 0.1) is 0 Å². The predicted molar refractivity (Wildman–Crippen MR) is 65.4 cm³/mol. The smallest absolute Gasteiger partial charge is 0.388 e. The summed E-state index contributed by atoms with van der Waals surface area (Å²) in [6.45, 7) is -2.63. The van der Waals surface area contributed by atoms with Gasteiger partial charge in [0.15, 0.2) is 0 Å². The first-order valence-electron chi connectivity index (χ1n) is 5.49. The van der Waals surface area contributed by atoms with Crippen molar-refractivity contribution in [2.45, 2.75) is 13.2 Å². The molecule has 0 radical (unpaired) electrons. The van der Waals surface area contributed by atoms with E-state index in [-0.39, 0.29) is 18.2 Å². The highest BCUT2D eigenvalue weighted by molar-refractivity contribution is 5.34. The van der Waals surface area contributed by atoms with Crippen LogP contribution < -0.4 is 15.2 Å². The number of nitrogens with zero attached hydrogens (tertiary/aromatic N) is 2. The van der Waals surface area contributed by atoms with E-state index in [4.69, 9.17) is 10.5 Å². The molecule has 102 valence electrons. The van der Waals surface area contributed by atoms with E-state index in [2.05, 4.69) is 9.84 Å². The van der Waals surface area contributed by atoms with Crippen molar-refractivity contribution in [2.24, 2.45) is 0 Å². The zero-order chi connectivity index (χ0) is 13.8. The van der Waals surface area contributed by atoms with Crippen LogP contribution in [-0.2, 0) is 6.54 Å². The van der Waals surface area contributed by atoms with Gasteiger partial charge in [0.1, 0.15) is 11.6 Å². The fourth-order valence-corrected chi connectivity index (χ4v) is 1.62. The molecule has 0 spiro atoms. The lowest BCUT2D eigenvalue weighted by molar-refractivity contribution is -0.0556. The molecule has 1 heterocycles. The Morgan fingerprint density at radius 3 is 2.58 bits per heavy atom. The van der Waals surface area contributed by atoms with E-state index in [1.54, 1.807) is 19.2 Å². The van der Waals surface area contributed by atoms with Gasteiger partial charge in [-0.3, -0.25) is 0 Å². The fourth-order valence-electron chi connectivity index (χ4n) is 1.62. The monoisotopic (exact) mass is 269 g/mol. The van der Waals surface area contributed by atoms with E-state index in [0.29, 0.717) is 5.75 Å². The van der Waals surface area contributed by atoms with Crippen LogP contribution in [0.2, 0.25) is 0 Å². The number of rotatable bonds is 5. The topological polar surface area (TPSA) is 62.3 Å². The van der Waals surface area contributed by atoms with Gasteiger partial charge in [0.2, 0.25) is 5.88 Å². The number of alkyl halides is 2. The summed E-state index contributed by atoms with van der Waals surface area (Å²) in [7, 11) is 1.57. The molecule has 0 saturated carbocycles. The Morgan fingerprint density at radius 2 is 2.00 bits per heavy atom. The third-order valence-corrected chi connectivity index (χ3v) is 2.46. The maximum Gasteiger partial charge on any atom is 0.388 e. The minimum absolute atomic E-state index is 0.0664. The average molecular weight is 269 g/mol. The molecule has 0 aliphatic carbocycles. The van der Waals surface area contributed by atoms with Gasteiger partial charge in [0, 0.05) is 6.07 Å². The van der Waals surface area contributed by atoms with Gasteiger partial charge < -0.3 is 15.2 Å². The molecular formula is C12H13F2N3O2. The molecular weight excluding hydrogens is 256 g/mol. The van der Waals surface area contributed by atoms with Gasteiger partial charge in [0.05, 0.1) is 13.7 Å². The normalized spacial score (nSPS) is 10.7. The number of hydrogen-bond donors (Lipinski definition) is 1. The van der Waals surface area contributed by atoms with Crippen molar-refractivity contribution >= 4 is 5.82 Å². The molecule has 0 aliphatic rings. The number of benzene rings is 1. The second kappa shape index (κ2) is 5.55. The Hall–Kier alpha value is -2.31. The quantitative estimate of drug-likeness (QED) is 0.903. The zero-order valence-corrected chi connectivity index (χ0v) is 10.2. The molecule has 1 aromatic carbocycles.